The number of ketones is 1. The molecule has 0 saturated heterocycles. The molecule has 0 aliphatic carbocycles. The van der Waals surface area contributed by atoms with Crippen LogP contribution in [0.5, 0.6) is 0 Å². The molecule has 0 aliphatic rings. The summed E-state index contributed by atoms with van der Waals surface area (Å²) in [5.41, 5.74) is 0.227. The number of carbonyl (C=O) groups excluding carboxylic acids is 2. The number of ether oxygens (including phenoxy) is 1. The molecule has 0 amide bonds. The Morgan fingerprint density at radius 2 is 1.42 bits per heavy atom. The summed E-state index contributed by atoms with van der Waals surface area (Å²) in [5.74, 6) is -0.538. The smallest absolute Gasteiger partial charge is 0.396 e. The zero-order valence-corrected chi connectivity index (χ0v) is 31.1. The largest absolute Gasteiger partial charge is 0.459 e. The van der Waals surface area contributed by atoms with Gasteiger partial charge in [-0.15, -0.1) is 20.4 Å². The van der Waals surface area contributed by atoms with Crippen molar-refractivity contribution in [2.24, 2.45) is 0 Å². The normalized spacial score (nSPS) is 11.2. The molecule has 18 heteroatoms. The molecule has 0 spiro atoms. The van der Waals surface area contributed by atoms with E-state index in [1.807, 2.05) is 6.92 Å². The van der Waals surface area contributed by atoms with E-state index < -0.39 is 20.1 Å². The van der Waals surface area contributed by atoms with Crippen LogP contribution in [0.25, 0.3) is 0 Å². The zero-order valence-electron chi connectivity index (χ0n) is 25.5. The summed E-state index contributed by atoms with van der Waals surface area (Å²) in [7, 11) is -1.94. The first kappa shape index (κ1) is 38.7. The first-order valence-electron chi connectivity index (χ1n) is 13.3. The van der Waals surface area contributed by atoms with Crippen LogP contribution in [0.3, 0.4) is 0 Å². The van der Waals surface area contributed by atoms with Crippen LogP contribution < -0.4 is 0 Å². The minimum atomic E-state index is -1.94. The number of aromatic nitrogens is 6. The quantitative estimate of drug-likeness (QED) is 0.0728. The Balaban J connectivity index is 0.000000277. The molecule has 0 N–H and O–H groups in total. The molecule has 4 aromatic heterocycles. The van der Waals surface area contributed by atoms with Gasteiger partial charge in [-0.3, -0.25) is 4.79 Å². The number of hydrogen-bond acceptors (Lipinski definition) is 12. The summed E-state index contributed by atoms with van der Waals surface area (Å²) in [5, 5.41) is 16.0. The molecule has 4 rings (SSSR count). The van der Waals surface area contributed by atoms with E-state index in [4.69, 9.17) is 59.7 Å². The van der Waals surface area contributed by atoms with Crippen molar-refractivity contribution in [2.45, 2.75) is 65.8 Å². The fourth-order valence-electron chi connectivity index (χ4n) is 2.60. The van der Waals surface area contributed by atoms with Crippen LogP contribution in [0.2, 0.25) is 38.5 Å². The lowest BCUT2D eigenvalue weighted by Crippen LogP contribution is -2.40. The fraction of sp³-hybridized carbons (Fsp3) is 0.407. The van der Waals surface area contributed by atoms with Gasteiger partial charge in [0.1, 0.15) is 16.9 Å². The van der Waals surface area contributed by atoms with Gasteiger partial charge in [-0.2, -0.15) is 0 Å². The third-order valence-electron chi connectivity index (χ3n) is 6.06. The predicted molar refractivity (Wildman–Crippen MR) is 176 cm³/mol. The molecule has 4 heterocycles. The molecule has 12 nitrogen and oxygen atoms in total. The minimum Gasteiger partial charge on any atom is -0.459 e. The number of aryl methyl sites for hydroxylation is 1. The van der Waals surface area contributed by atoms with Gasteiger partial charge < -0.3 is 18.0 Å². The molecule has 0 unspecified atom stereocenters. The molecular formula is C27H31BrCl4N6O6Si. The highest BCUT2D eigenvalue weighted by Crippen LogP contribution is 2.37. The van der Waals surface area contributed by atoms with E-state index in [-0.39, 0.29) is 45.1 Å². The summed E-state index contributed by atoms with van der Waals surface area (Å²) in [6.07, 6.45) is 3.52. The van der Waals surface area contributed by atoms with Crippen LogP contribution in [-0.2, 0) is 22.2 Å². The topological polar surface area (TPSA) is 156 Å². The van der Waals surface area contributed by atoms with Crippen molar-refractivity contribution in [2.75, 3.05) is 6.61 Å². The number of pyridine rings is 2. The number of esters is 1. The van der Waals surface area contributed by atoms with Crippen molar-refractivity contribution in [3.8, 4) is 0 Å². The van der Waals surface area contributed by atoms with E-state index in [0.29, 0.717) is 29.1 Å². The van der Waals surface area contributed by atoms with Crippen LogP contribution in [0.1, 0.15) is 73.3 Å². The van der Waals surface area contributed by atoms with Crippen molar-refractivity contribution in [3.05, 3.63) is 78.5 Å². The van der Waals surface area contributed by atoms with Crippen LogP contribution in [0, 0.1) is 0 Å². The van der Waals surface area contributed by atoms with Crippen molar-refractivity contribution in [3.63, 3.8) is 0 Å². The average molecular weight is 785 g/mol. The van der Waals surface area contributed by atoms with Crippen LogP contribution in [0.15, 0.2) is 37.8 Å². The summed E-state index contributed by atoms with van der Waals surface area (Å²) in [6.45, 7) is 14.7. The Bertz CT molecular complexity index is 1600. The maximum Gasteiger partial charge on any atom is 0.396 e. The van der Waals surface area contributed by atoms with Crippen molar-refractivity contribution in [1.29, 1.82) is 0 Å². The molecule has 244 valence electrons. The average Bonchev–Trinajstić information content (AvgIpc) is 3.66. The first-order chi connectivity index (χ1) is 21.0. The molecule has 0 saturated carbocycles. The molecule has 4 aromatic rings. The number of rotatable bonds is 8. The van der Waals surface area contributed by atoms with Gasteiger partial charge in [0.25, 0.3) is 11.7 Å². The Hall–Kier alpha value is -2.46. The lowest BCUT2D eigenvalue weighted by molar-refractivity contribution is 0.0478. The summed E-state index contributed by atoms with van der Waals surface area (Å²) >= 11 is 25.9. The van der Waals surface area contributed by atoms with Gasteiger partial charge in [0.05, 0.1) is 16.7 Å². The third-order valence-corrected chi connectivity index (χ3v) is 12.3. The van der Waals surface area contributed by atoms with Gasteiger partial charge in [0.2, 0.25) is 11.8 Å². The maximum atomic E-state index is 12.3. The van der Waals surface area contributed by atoms with Crippen molar-refractivity contribution < 1.29 is 27.6 Å². The van der Waals surface area contributed by atoms with E-state index in [0.717, 1.165) is 4.47 Å². The van der Waals surface area contributed by atoms with Gasteiger partial charge in [0.15, 0.2) is 8.32 Å². The van der Waals surface area contributed by atoms with Crippen molar-refractivity contribution in [1.82, 2.24) is 30.4 Å². The summed E-state index contributed by atoms with van der Waals surface area (Å²) in [6, 6.07) is 3.10. The lowest BCUT2D eigenvalue weighted by atomic mass is 10.2. The van der Waals surface area contributed by atoms with Gasteiger partial charge in [-0.05, 0) is 53.1 Å². The summed E-state index contributed by atoms with van der Waals surface area (Å²) in [4.78, 5) is 30.9. The SMILES string of the molecule is CC(C)(C)[Si](C)(C)OCc1nnc(C(=O)c2cnc(Cl)c(Cl)c2)o1.CCOC(=O)c1nnc(CC)o1.Clc1cc(Br)cnc1Cl. The Kier molecular flexibility index (Phi) is 15.0. The van der Waals surface area contributed by atoms with E-state index >= 15 is 0 Å². The second-order valence-corrected chi connectivity index (χ2v) is 17.6. The number of carbonyl (C=O) groups is 2. The molecule has 0 aliphatic heterocycles. The summed E-state index contributed by atoms with van der Waals surface area (Å²) < 4.78 is 21.8. The highest BCUT2D eigenvalue weighted by molar-refractivity contribution is 9.10. The second kappa shape index (κ2) is 17.5. The highest BCUT2D eigenvalue weighted by Gasteiger charge is 2.37. The Morgan fingerprint density at radius 1 is 0.867 bits per heavy atom. The molecule has 45 heavy (non-hydrogen) atoms. The van der Waals surface area contributed by atoms with Gasteiger partial charge >= 0.3 is 11.9 Å². The Morgan fingerprint density at radius 3 is 1.93 bits per heavy atom. The predicted octanol–water partition coefficient (Wildman–Crippen LogP) is 8.48. The van der Waals surface area contributed by atoms with Gasteiger partial charge in [-0.1, -0.05) is 74.1 Å². The highest BCUT2D eigenvalue weighted by atomic mass is 79.9. The first-order valence-corrected chi connectivity index (χ1v) is 18.5. The molecule has 0 radical (unpaired) electrons. The van der Waals surface area contributed by atoms with Crippen molar-refractivity contribution >= 4 is 82.4 Å². The number of halogens is 5. The monoisotopic (exact) mass is 782 g/mol. The van der Waals surface area contributed by atoms with E-state index in [9.17, 15) is 9.59 Å². The molecule has 0 atom stereocenters. The fourth-order valence-corrected chi connectivity index (χ4v) is 4.52. The molecule has 0 bridgehead atoms. The molecule has 0 aromatic carbocycles. The second-order valence-electron chi connectivity index (χ2n) is 10.4. The zero-order chi connectivity index (χ0) is 33.9. The van der Waals surface area contributed by atoms with Crippen LogP contribution >= 0.6 is 62.3 Å². The Labute approximate surface area is 289 Å². The lowest BCUT2D eigenvalue weighted by Gasteiger charge is -2.35. The van der Waals surface area contributed by atoms with E-state index in [1.165, 1.54) is 12.3 Å². The van der Waals surface area contributed by atoms with E-state index in [2.05, 4.69) is 84.9 Å². The van der Waals surface area contributed by atoms with Gasteiger partial charge in [-0.25, -0.2) is 14.8 Å². The van der Waals surface area contributed by atoms with Gasteiger partial charge in [0, 0.05) is 28.9 Å². The number of nitrogens with zero attached hydrogens (tertiary/aromatic N) is 6. The van der Waals surface area contributed by atoms with Crippen LogP contribution in [-0.4, -0.2) is 57.0 Å². The maximum absolute atomic E-state index is 12.3. The minimum absolute atomic E-state index is 0.0669. The standard InChI is InChI=1S/C15H19Cl2N3O3Si.C7H10N2O3.C5H2BrCl2N/c1-15(2,3)24(4,5)22-8-11-19-20-14(23-11)12(21)9-6-10(16)13(17)18-7-9;1-3-5-8-9-6(12-5)7(10)11-4-2;6-3-1-4(7)5(8)9-2-3/h6-7H,8H2,1-5H3;3-4H2,1-2H3;1-2H. The molecule has 0 fully saturated rings. The number of hydrogen-bond donors (Lipinski definition) is 0. The van der Waals surface area contributed by atoms with E-state index in [1.54, 1.807) is 19.2 Å². The molecular weight excluding hydrogens is 754 g/mol. The third kappa shape index (κ3) is 12.0. The van der Waals surface area contributed by atoms with Crippen LogP contribution in [0.4, 0.5) is 0 Å².